The topological polar surface area (TPSA) is 55.0 Å². The first-order chi connectivity index (χ1) is 5.64. The lowest BCUT2D eigenvalue weighted by molar-refractivity contribution is 0.336. The predicted molar refractivity (Wildman–Crippen MR) is 47.4 cm³/mol. The zero-order valence-electron chi connectivity index (χ0n) is 7.28. The number of hydrogen-bond acceptors (Lipinski definition) is 3. The highest BCUT2D eigenvalue weighted by molar-refractivity contribution is 7.57. The van der Waals surface area contributed by atoms with Gasteiger partial charge in [-0.2, -0.15) is 0 Å². The summed E-state index contributed by atoms with van der Waals surface area (Å²) in [6, 6.07) is 0. The number of H-pyrrole nitrogens is 1. The van der Waals surface area contributed by atoms with Crippen LogP contribution in [0.15, 0.2) is 12.5 Å². The summed E-state index contributed by atoms with van der Waals surface area (Å²) in [6.45, 7) is 3.96. The van der Waals surface area contributed by atoms with Crippen LogP contribution in [0.1, 0.15) is 12.6 Å². The molecule has 1 unspecified atom stereocenters. The van der Waals surface area contributed by atoms with Crippen LogP contribution in [-0.4, -0.2) is 23.2 Å². The molecule has 1 atom stereocenters. The summed E-state index contributed by atoms with van der Waals surface area (Å²) in [5, 5.41) is 0. The average molecular weight is 188 g/mol. The van der Waals surface area contributed by atoms with Crippen molar-refractivity contribution in [2.24, 2.45) is 0 Å². The molecule has 68 valence electrons. The molecule has 0 bridgehead atoms. The van der Waals surface area contributed by atoms with Crippen molar-refractivity contribution in [2.75, 3.05) is 13.3 Å². The molecule has 0 fully saturated rings. The number of aromatic nitrogens is 2. The minimum Gasteiger partial charge on any atom is -0.348 e. The van der Waals surface area contributed by atoms with Crippen molar-refractivity contribution in [3.63, 3.8) is 0 Å². The summed E-state index contributed by atoms with van der Waals surface area (Å²) < 4.78 is 16.7. The molecule has 0 aliphatic heterocycles. The Bertz CT molecular complexity index is 271. The number of nitrogens with zero attached hydrogens (tertiary/aromatic N) is 1. The molecule has 1 aromatic rings. The smallest absolute Gasteiger partial charge is 0.205 e. The second-order valence-electron chi connectivity index (χ2n) is 2.67. The van der Waals surface area contributed by atoms with Gasteiger partial charge < -0.3 is 9.51 Å². The number of imidazole rings is 1. The van der Waals surface area contributed by atoms with Gasteiger partial charge in [-0.05, 0) is 6.92 Å². The van der Waals surface area contributed by atoms with E-state index in [1.165, 1.54) is 0 Å². The van der Waals surface area contributed by atoms with Crippen LogP contribution in [0.5, 0.6) is 0 Å². The molecule has 5 heteroatoms. The summed E-state index contributed by atoms with van der Waals surface area (Å²) in [4.78, 5) is 6.72. The summed E-state index contributed by atoms with van der Waals surface area (Å²) in [7, 11) is -2.45. The standard InChI is InChI=1S/C7H13N2O2P/c1-3-11-12(2,10)5-7-4-8-6-9-7/h4,6H,3,5H2,1-2H3,(H,8,9). The van der Waals surface area contributed by atoms with Gasteiger partial charge in [0.05, 0.1) is 19.1 Å². The highest BCUT2D eigenvalue weighted by Gasteiger charge is 2.16. The maximum atomic E-state index is 11.6. The maximum absolute atomic E-state index is 11.6. The van der Waals surface area contributed by atoms with Gasteiger partial charge in [0.1, 0.15) is 0 Å². The van der Waals surface area contributed by atoms with Gasteiger partial charge in [-0.1, -0.05) is 0 Å². The van der Waals surface area contributed by atoms with Gasteiger partial charge in [-0.3, -0.25) is 4.57 Å². The molecule has 0 aliphatic rings. The Morgan fingerprint density at radius 3 is 3.00 bits per heavy atom. The number of rotatable bonds is 4. The molecule has 4 nitrogen and oxygen atoms in total. The van der Waals surface area contributed by atoms with Crippen molar-refractivity contribution in [3.05, 3.63) is 18.2 Å². The maximum Gasteiger partial charge on any atom is 0.205 e. The van der Waals surface area contributed by atoms with E-state index in [0.29, 0.717) is 12.8 Å². The van der Waals surface area contributed by atoms with Gasteiger partial charge in [0.2, 0.25) is 7.37 Å². The van der Waals surface area contributed by atoms with Crippen molar-refractivity contribution in [3.8, 4) is 0 Å². The zero-order valence-corrected chi connectivity index (χ0v) is 8.17. The second kappa shape index (κ2) is 3.87. The van der Waals surface area contributed by atoms with E-state index in [4.69, 9.17) is 4.52 Å². The second-order valence-corrected chi connectivity index (χ2v) is 5.27. The van der Waals surface area contributed by atoms with Crippen molar-refractivity contribution in [1.29, 1.82) is 0 Å². The Morgan fingerprint density at radius 1 is 1.75 bits per heavy atom. The Kier molecular flexibility index (Phi) is 3.06. The lowest BCUT2D eigenvalue weighted by Crippen LogP contribution is -1.92. The Labute approximate surface area is 71.8 Å². The SMILES string of the molecule is CCOP(C)(=O)Cc1cnc[nH]1. The first-order valence-electron chi connectivity index (χ1n) is 3.82. The van der Waals surface area contributed by atoms with Crippen LogP contribution in [0.2, 0.25) is 0 Å². The zero-order chi connectivity index (χ0) is 9.03. The first kappa shape index (κ1) is 9.49. The monoisotopic (exact) mass is 188 g/mol. The molecule has 0 spiro atoms. The van der Waals surface area contributed by atoms with Gasteiger partial charge in [0, 0.05) is 18.6 Å². The Morgan fingerprint density at radius 2 is 2.50 bits per heavy atom. The molecule has 0 aromatic carbocycles. The largest absolute Gasteiger partial charge is 0.348 e. The summed E-state index contributed by atoms with van der Waals surface area (Å²) in [5.74, 6) is 0. The van der Waals surface area contributed by atoms with Gasteiger partial charge >= 0.3 is 0 Å². The molecule has 1 rings (SSSR count). The van der Waals surface area contributed by atoms with E-state index in [1.807, 2.05) is 6.92 Å². The third-order valence-corrected chi connectivity index (χ3v) is 3.13. The lowest BCUT2D eigenvalue weighted by atomic mass is 10.6. The number of hydrogen-bond donors (Lipinski definition) is 1. The van der Waals surface area contributed by atoms with Gasteiger partial charge in [-0.15, -0.1) is 0 Å². The van der Waals surface area contributed by atoms with E-state index in [1.54, 1.807) is 19.2 Å². The lowest BCUT2D eigenvalue weighted by Gasteiger charge is -2.10. The first-order valence-corrected chi connectivity index (χ1v) is 6.08. The van der Waals surface area contributed by atoms with Crippen LogP contribution >= 0.6 is 7.37 Å². The van der Waals surface area contributed by atoms with Crippen molar-refractivity contribution < 1.29 is 9.09 Å². The summed E-state index contributed by atoms with van der Waals surface area (Å²) in [6.07, 6.45) is 3.66. The van der Waals surface area contributed by atoms with Crippen LogP contribution in [0.4, 0.5) is 0 Å². The van der Waals surface area contributed by atoms with Crippen molar-refractivity contribution in [1.82, 2.24) is 9.97 Å². The molecule has 1 N–H and O–H groups in total. The van der Waals surface area contributed by atoms with Crippen LogP contribution in [0, 0.1) is 0 Å². The predicted octanol–water partition coefficient (Wildman–Crippen LogP) is 1.85. The number of aromatic amines is 1. The molecule has 1 heterocycles. The number of nitrogens with one attached hydrogen (secondary N) is 1. The minimum absolute atomic E-state index is 0.431. The van der Waals surface area contributed by atoms with Crippen LogP contribution in [0.3, 0.4) is 0 Å². The fraction of sp³-hybridized carbons (Fsp3) is 0.571. The molecule has 12 heavy (non-hydrogen) atoms. The Balaban J connectivity index is 2.56. The van der Waals surface area contributed by atoms with E-state index < -0.39 is 7.37 Å². The fourth-order valence-corrected chi connectivity index (χ4v) is 2.43. The minimum atomic E-state index is -2.45. The Hall–Kier alpha value is -0.600. The molecule has 0 saturated heterocycles. The van der Waals surface area contributed by atoms with E-state index >= 15 is 0 Å². The third kappa shape index (κ3) is 2.80. The fourth-order valence-electron chi connectivity index (χ4n) is 0.999. The van der Waals surface area contributed by atoms with Gasteiger partial charge in [0.15, 0.2) is 0 Å². The summed E-state index contributed by atoms with van der Waals surface area (Å²) >= 11 is 0. The van der Waals surface area contributed by atoms with Crippen LogP contribution in [0.25, 0.3) is 0 Å². The van der Waals surface area contributed by atoms with Gasteiger partial charge in [0.25, 0.3) is 0 Å². The van der Waals surface area contributed by atoms with E-state index in [0.717, 1.165) is 5.69 Å². The summed E-state index contributed by atoms with van der Waals surface area (Å²) in [5.41, 5.74) is 0.856. The normalized spacial score (nSPS) is 15.8. The van der Waals surface area contributed by atoms with Crippen molar-refractivity contribution in [2.45, 2.75) is 13.1 Å². The van der Waals surface area contributed by atoms with E-state index in [2.05, 4.69) is 9.97 Å². The third-order valence-electron chi connectivity index (χ3n) is 1.41. The highest BCUT2D eigenvalue weighted by Crippen LogP contribution is 2.45. The van der Waals surface area contributed by atoms with E-state index in [-0.39, 0.29) is 0 Å². The average Bonchev–Trinajstić information content (AvgIpc) is 2.38. The van der Waals surface area contributed by atoms with Crippen LogP contribution < -0.4 is 0 Å². The quantitative estimate of drug-likeness (QED) is 0.733. The molecule has 1 aromatic heterocycles. The van der Waals surface area contributed by atoms with Gasteiger partial charge in [-0.25, -0.2) is 4.98 Å². The molecular formula is C7H13N2O2P. The molecule has 0 amide bonds. The van der Waals surface area contributed by atoms with Crippen molar-refractivity contribution >= 4 is 7.37 Å². The highest BCUT2D eigenvalue weighted by atomic mass is 31.2. The van der Waals surface area contributed by atoms with E-state index in [9.17, 15) is 4.57 Å². The molecule has 0 aliphatic carbocycles. The van der Waals surface area contributed by atoms with Crippen LogP contribution in [-0.2, 0) is 15.3 Å². The molecular weight excluding hydrogens is 175 g/mol. The molecule has 0 radical (unpaired) electrons. The molecule has 0 saturated carbocycles.